The third kappa shape index (κ3) is 6.95. The number of hydrogen-bond donors (Lipinski definition) is 1. The molecule has 4 heterocycles. The molecule has 43 heavy (non-hydrogen) atoms. The van der Waals surface area contributed by atoms with Crippen LogP contribution in [-0.4, -0.2) is 119 Å². The maximum Gasteiger partial charge on any atom is 0.534 e. The SMILES string of the molecule is CO[C@@H]1OC(COC(=O)ON2C(=O)CCC2=O)C(OC(=O)ON2C(=O)CCC2=O)C(O)C1OC(=O)ON1C(=O)CCC1=O. The molecule has 0 aromatic carbocycles. The van der Waals surface area contributed by atoms with Crippen LogP contribution in [-0.2, 0) is 67.0 Å². The molecule has 0 aliphatic carbocycles. The molecule has 0 spiro atoms. The van der Waals surface area contributed by atoms with E-state index in [-0.39, 0.29) is 53.7 Å². The lowest BCUT2D eigenvalue weighted by Gasteiger charge is -2.41. The Morgan fingerprint density at radius 3 is 1.44 bits per heavy atom. The Morgan fingerprint density at radius 1 is 0.674 bits per heavy atom. The zero-order valence-corrected chi connectivity index (χ0v) is 22.1. The van der Waals surface area contributed by atoms with Crippen molar-refractivity contribution in [3.63, 3.8) is 0 Å². The van der Waals surface area contributed by atoms with Gasteiger partial charge in [0.15, 0.2) is 18.5 Å². The molecule has 0 radical (unpaired) electrons. The molecule has 4 saturated heterocycles. The van der Waals surface area contributed by atoms with Crippen molar-refractivity contribution >= 4 is 53.9 Å². The van der Waals surface area contributed by atoms with Crippen LogP contribution >= 0.6 is 0 Å². The number of rotatable bonds is 8. The monoisotopic (exact) mass is 617 g/mol. The number of aliphatic hydroxyl groups is 1. The summed E-state index contributed by atoms with van der Waals surface area (Å²) in [6.07, 6.45) is -15.7. The number of imide groups is 3. The number of methoxy groups -OCH3 is 1. The van der Waals surface area contributed by atoms with Crippen LogP contribution in [0.4, 0.5) is 14.4 Å². The number of amides is 6. The summed E-state index contributed by atoms with van der Waals surface area (Å²) in [6.45, 7) is -0.917. The second kappa shape index (κ2) is 13.0. The van der Waals surface area contributed by atoms with Gasteiger partial charge in [-0.3, -0.25) is 43.3 Å². The first-order valence-electron chi connectivity index (χ1n) is 12.4. The van der Waals surface area contributed by atoms with Crippen LogP contribution in [0, 0.1) is 0 Å². The van der Waals surface area contributed by atoms with E-state index in [1.54, 1.807) is 0 Å². The number of nitrogens with zero attached hydrogens (tertiary/aromatic N) is 3. The molecule has 0 aromatic rings. The van der Waals surface area contributed by atoms with Crippen LogP contribution in [0.25, 0.3) is 0 Å². The number of carbonyl (C=O) groups excluding carboxylic acids is 9. The topological polar surface area (TPSA) is 257 Å². The number of hydroxylamine groups is 6. The van der Waals surface area contributed by atoms with E-state index in [4.69, 9.17) is 23.7 Å². The first kappa shape index (κ1) is 31.1. The summed E-state index contributed by atoms with van der Waals surface area (Å²) in [5, 5.41) is 11.5. The second-order valence-electron chi connectivity index (χ2n) is 9.01. The van der Waals surface area contributed by atoms with E-state index in [2.05, 4.69) is 14.5 Å². The Labute approximate surface area is 239 Å². The Kier molecular flexibility index (Phi) is 9.36. The fourth-order valence-corrected chi connectivity index (χ4v) is 4.13. The summed E-state index contributed by atoms with van der Waals surface area (Å²) in [5.74, 6) is -5.06. The first-order chi connectivity index (χ1) is 20.4. The highest BCUT2D eigenvalue weighted by Gasteiger charge is 2.52. The van der Waals surface area contributed by atoms with Crippen molar-refractivity contribution in [2.75, 3.05) is 13.7 Å². The van der Waals surface area contributed by atoms with Gasteiger partial charge in [-0.15, -0.1) is 0 Å². The highest BCUT2D eigenvalue weighted by Crippen LogP contribution is 2.28. The molecule has 234 valence electrons. The summed E-state index contributed by atoms with van der Waals surface area (Å²) >= 11 is 0. The molecule has 21 nitrogen and oxygen atoms in total. The summed E-state index contributed by atoms with van der Waals surface area (Å²) in [6, 6.07) is 0. The quantitative estimate of drug-likeness (QED) is 0.177. The third-order valence-corrected chi connectivity index (χ3v) is 6.19. The predicted molar refractivity (Wildman–Crippen MR) is 120 cm³/mol. The maximum absolute atomic E-state index is 12.5. The number of carbonyl (C=O) groups is 9. The molecule has 4 rings (SSSR count). The summed E-state index contributed by atoms with van der Waals surface area (Å²) in [5.41, 5.74) is 0. The standard InChI is InChI=1S/C22H23N3O18/c1-36-19-18(40-22(35)43-25-14(30)6-7-15(25)31)16(32)17(39-21(34)42-24-12(28)4-5-13(24)29)9(38-19)8-37-20(33)41-23-10(26)2-3-11(23)27/h9,16-19,32H,2-8H2,1H3/t9?,16?,17?,18?,19-/m1/s1. The Hall–Kier alpha value is -4.89. The van der Waals surface area contributed by atoms with Crippen molar-refractivity contribution in [2.24, 2.45) is 0 Å². The van der Waals surface area contributed by atoms with Crippen LogP contribution in [0.1, 0.15) is 38.5 Å². The minimum atomic E-state index is -2.11. The average molecular weight is 617 g/mol. The van der Waals surface area contributed by atoms with Gasteiger partial charge >= 0.3 is 18.5 Å². The van der Waals surface area contributed by atoms with Crippen LogP contribution in [0.5, 0.6) is 0 Å². The van der Waals surface area contributed by atoms with Crippen molar-refractivity contribution in [1.29, 1.82) is 0 Å². The van der Waals surface area contributed by atoms with Gasteiger partial charge in [-0.25, -0.2) is 14.4 Å². The van der Waals surface area contributed by atoms with Gasteiger partial charge in [-0.05, 0) is 0 Å². The fraction of sp³-hybridized carbons (Fsp3) is 0.591. The minimum absolute atomic E-state index is 0.124. The van der Waals surface area contributed by atoms with E-state index < -0.39 is 91.2 Å². The molecule has 1 N–H and O–H groups in total. The van der Waals surface area contributed by atoms with Gasteiger partial charge in [0, 0.05) is 45.6 Å². The number of hydrogen-bond acceptors (Lipinski definition) is 18. The van der Waals surface area contributed by atoms with Crippen LogP contribution in [0.15, 0.2) is 0 Å². The largest absolute Gasteiger partial charge is 0.534 e. The maximum atomic E-state index is 12.5. The molecule has 0 saturated carbocycles. The van der Waals surface area contributed by atoms with Gasteiger partial charge in [0.25, 0.3) is 35.4 Å². The smallest absolute Gasteiger partial charge is 0.430 e. The summed E-state index contributed by atoms with van der Waals surface area (Å²) in [7, 11) is 1.03. The minimum Gasteiger partial charge on any atom is -0.430 e. The Bertz CT molecular complexity index is 1190. The molecule has 0 bridgehead atoms. The molecular formula is C22H23N3O18. The van der Waals surface area contributed by atoms with E-state index in [0.29, 0.717) is 0 Å². The lowest BCUT2D eigenvalue weighted by atomic mass is 9.99. The molecule has 4 unspecified atom stereocenters. The van der Waals surface area contributed by atoms with Gasteiger partial charge in [0.2, 0.25) is 0 Å². The van der Waals surface area contributed by atoms with Crippen LogP contribution in [0.3, 0.4) is 0 Å². The van der Waals surface area contributed by atoms with E-state index in [1.807, 2.05) is 0 Å². The van der Waals surface area contributed by atoms with Gasteiger partial charge in [0.05, 0.1) is 0 Å². The molecular weight excluding hydrogens is 594 g/mol. The van der Waals surface area contributed by atoms with E-state index in [9.17, 15) is 48.3 Å². The normalized spacial score (nSPS) is 27.5. The number of aliphatic hydroxyl groups excluding tert-OH is 1. The van der Waals surface area contributed by atoms with Crippen molar-refractivity contribution in [2.45, 2.75) is 69.2 Å². The molecule has 4 fully saturated rings. The first-order valence-corrected chi connectivity index (χ1v) is 12.4. The van der Waals surface area contributed by atoms with E-state index >= 15 is 0 Å². The molecule has 4 aliphatic rings. The van der Waals surface area contributed by atoms with Crippen molar-refractivity contribution in [1.82, 2.24) is 15.2 Å². The van der Waals surface area contributed by atoms with Crippen molar-refractivity contribution in [3.05, 3.63) is 0 Å². The molecule has 0 aromatic heterocycles. The Balaban J connectivity index is 1.46. The van der Waals surface area contributed by atoms with E-state index in [1.165, 1.54) is 0 Å². The number of ether oxygens (including phenoxy) is 5. The highest BCUT2D eigenvalue weighted by molar-refractivity contribution is 6.02. The van der Waals surface area contributed by atoms with Gasteiger partial charge < -0.3 is 28.8 Å². The van der Waals surface area contributed by atoms with Crippen LogP contribution < -0.4 is 0 Å². The summed E-state index contributed by atoms with van der Waals surface area (Å²) in [4.78, 5) is 121. The molecule has 6 amide bonds. The Morgan fingerprint density at radius 2 is 1.05 bits per heavy atom. The van der Waals surface area contributed by atoms with Crippen LogP contribution in [0.2, 0.25) is 0 Å². The van der Waals surface area contributed by atoms with E-state index in [0.717, 1.165) is 7.11 Å². The zero-order chi connectivity index (χ0) is 31.4. The lowest BCUT2D eigenvalue weighted by molar-refractivity contribution is -0.301. The third-order valence-electron chi connectivity index (χ3n) is 6.19. The zero-order valence-electron chi connectivity index (χ0n) is 22.1. The van der Waals surface area contributed by atoms with Gasteiger partial charge in [0.1, 0.15) is 18.8 Å². The molecule has 4 aliphatic heterocycles. The predicted octanol–water partition coefficient (Wildman–Crippen LogP) is -1.89. The lowest BCUT2D eigenvalue weighted by Crippen LogP contribution is -2.62. The van der Waals surface area contributed by atoms with Gasteiger partial charge in [-0.1, -0.05) is 15.2 Å². The highest BCUT2D eigenvalue weighted by atomic mass is 16.9. The summed E-state index contributed by atoms with van der Waals surface area (Å²) < 4.78 is 25.3. The average Bonchev–Trinajstić information content (AvgIpc) is 3.57. The molecule has 5 atom stereocenters. The second-order valence-corrected chi connectivity index (χ2v) is 9.01. The van der Waals surface area contributed by atoms with Crippen molar-refractivity contribution < 1.29 is 86.5 Å². The van der Waals surface area contributed by atoms with Crippen molar-refractivity contribution in [3.8, 4) is 0 Å². The molecule has 21 heteroatoms. The fourth-order valence-electron chi connectivity index (χ4n) is 4.13. The van der Waals surface area contributed by atoms with Gasteiger partial charge in [-0.2, -0.15) is 0 Å².